The molecule has 0 saturated heterocycles. The van der Waals surface area contributed by atoms with Gasteiger partial charge in [0, 0.05) is 0 Å². The summed E-state index contributed by atoms with van der Waals surface area (Å²) in [6.45, 7) is 1.54. The molecule has 0 saturated carbocycles. The molecule has 1 aromatic rings. The van der Waals surface area contributed by atoms with Crippen molar-refractivity contribution < 1.29 is 17.9 Å². The van der Waals surface area contributed by atoms with Crippen LogP contribution in [-0.4, -0.2) is 0 Å². The lowest BCUT2D eigenvalue weighted by molar-refractivity contribution is 0.282. The van der Waals surface area contributed by atoms with E-state index >= 15 is 0 Å². The van der Waals surface area contributed by atoms with E-state index in [1.165, 1.54) is 0 Å². The van der Waals surface area contributed by atoms with Gasteiger partial charge in [-0.15, -0.1) is 0 Å². The van der Waals surface area contributed by atoms with Crippen LogP contribution in [0.5, 0.6) is 0 Å². The van der Waals surface area contributed by atoms with Gasteiger partial charge in [0.1, 0.15) is 12.4 Å². The van der Waals surface area contributed by atoms with E-state index in [9.17, 15) is 9.36 Å². The second-order valence-electron chi connectivity index (χ2n) is 1.78. The second kappa shape index (κ2) is 3.46. The molecule has 6 heteroatoms. The van der Waals surface area contributed by atoms with Crippen molar-refractivity contribution in [2.75, 3.05) is 0 Å². The summed E-state index contributed by atoms with van der Waals surface area (Å²) in [5, 5.41) is 0. The van der Waals surface area contributed by atoms with Gasteiger partial charge in [0.25, 0.3) is 0 Å². The van der Waals surface area contributed by atoms with Gasteiger partial charge in [0.2, 0.25) is 0 Å². The normalized spacial score (nSPS) is 10.6. The fourth-order valence-corrected chi connectivity index (χ4v) is 0.761. The number of rotatable bonds is 3. The first-order chi connectivity index (χ1) is 5.24. The SMILES string of the molecule is Cc1oc(=O)oc1COP=O. The molecule has 60 valence electrons. The minimum Gasteiger partial charge on any atom is -0.396 e. The zero-order valence-electron chi connectivity index (χ0n) is 5.70. The highest BCUT2D eigenvalue weighted by Crippen LogP contribution is 2.09. The molecule has 0 amide bonds. The van der Waals surface area contributed by atoms with Crippen LogP contribution in [0, 0.1) is 6.92 Å². The van der Waals surface area contributed by atoms with Gasteiger partial charge in [-0.25, -0.2) is 9.36 Å². The molecule has 0 bridgehead atoms. The third kappa shape index (κ3) is 2.00. The minimum absolute atomic E-state index is 0.0252. The van der Waals surface area contributed by atoms with E-state index in [-0.39, 0.29) is 12.4 Å². The highest BCUT2D eigenvalue weighted by atomic mass is 31.1. The van der Waals surface area contributed by atoms with Gasteiger partial charge in [-0.05, 0) is 6.92 Å². The third-order valence-corrected chi connectivity index (χ3v) is 1.32. The van der Waals surface area contributed by atoms with E-state index in [1.54, 1.807) is 6.92 Å². The lowest BCUT2D eigenvalue weighted by atomic mass is 10.4. The van der Waals surface area contributed by atoms with Crippen LogP contribution < -0.4 is 5.82 Å². The van der Waals surface area contributed by atoms with Crippen LogP contribution in [0.4, 0.5) is 0 Å². The summed E-state index contributed by atoms with van der Waals surface area (Å²) >= 11 is 0. The molecule has 0 fully saturated rings. The second-order valence-corrected chi connectivity index (χ2v) is 2.19. The molecule has 1 heterocycles. The molecule has 11 heavy (non-hydrogen) atoms. The average Bonchev–Trinajstić information content (AvgIpc) is 2.26. The molecule has 0 aliphatic carbocycles. The molecular formula is C5H5O5P. The highest BCUT2D eigenvalue weighted by Gasteiger charge is 2.07. The average molecular weight is 176 g/mol. The topological polar surface area (TPSA) is 69.7 Å². The van der Waals surface area contributed by atoms with Crippen LogP contribution in [0.3, 0.4) is 0 Å². The van der Waals surface area contributed by atoms with E-state index in [0.29, 0.717) is 5.76 Å². The van der Waals surface area contributed by atoms with Crippen molar-refractivity contribution in [1.82, 2.24) is 0 Å². The number of aryl methyl sites for hydroxylation is 1. The molecule has 0 radical (unpaired) electrons. The molecule has 1 rings (SSSR count). The fraction of sp³-hybridized carbons (Fsp3) is 0.400. The first-order valence-electron chi connectivity index (χ1n) is 2.78. The number of hydrogen-bond acceptors (Lipinski definition) is 5. The predicted molar refractivity (Wildman–Crippen MR) is 34.4 cm³/mol. The van der Waals surface area contributed by atoms with Crippen LogP contribution in [0.2, 0.25) is 0 Å². The van der Waals surface area contributed by atoms with Crippen LogP contribution in [0.15, 0.2) is 13.6 Å². The van der Waals surface area contributed by atoms with Gasteiger partial charge in [0.15, 0.2) is 5.76 Å². The van der Waals surface area contributed by atoms with Crippen molar-refractivity contribution in [2.45, 2.75) is 13.5 Å². The molecular weight excluding hydrogens is 171 g/mol. The molecule has 0 spiro atoms. The Labute approximate surface area is 63.2 Å². The molecule has 0 unspecified atom stereocenters. The Morgan fingerprint density at radius 2 is 2.27 bits per heavy atom. The Hall–Kier alpha value is -0.930. The molecule has 1 aromatic heterocycles. The van der Waals surface area contributed by atoms with Gasteiger partial charge in [0.05, 0.1) is 0 Å². The summed E-state index contributed by atoms with van der Waals surface area (Å²) in [6, 6.07) is 0. The lowest BCUT2D eigenvalue weighted by Gasteiger charge is -1.87. The summed E-state index contributed by atoms with van der Waals surface area (Å²) in [5.41, 5.74) is 0. The van der Waals surface area contributed by atoms with Gasteiger partial charge in [-0.2, -0.15) is 0 Å². The minimum atomic E-state index is -0.774. The molecule has 5 nitrogen and oxygen atoms in total. The van der Waals surface area contributed by atoms with Crippen molar-refractivity contribution in [3.8, 4) is 0 Å². The Morgan fingerprint density at radius 1 is 1.55 bits per heavy atom. The zero-order valence-corrected chi connectivity index (χ0v) is 6.59. The van der Waals surface area contributed by atoms with E-state index in [0.717, 1.165) is 0 Å². The molecule has 0 N–H and O–H groups in total. The van der Waals surface area contributed by atoms with Crippen molar-refractivity contribution in [1.29, 1.82) is 0 Å². The zero-order chi connectivity index (χ0) is 8.27. The van der Waals surface area contributed by atoms with Crippen LogP contribution in [0.25, 0.3) is 0 Å². The largest absolute Gasteiger partial charge is 0.519 e. The van der Waals surface area contributed by atoms with Crippen molar-refractivity contribution in [3.63, 3.8) is 0 Å². The van der Waals surface area contributed by atoms with E-state index < -0.39 is 14.5 Å². The van der Waals surface area contributed by atoms with Crippen LogP contribution >= 0.6 is 8.69 Å². The first-order valence-corrected chi connectivity index (χ1v) is 3.51. The van der Waals surface area contributed by atoms with Gasteiger partial charge < -0.3 is 8.83 Å². The van der Waals surface area contributed by atoms with Gasteiger partial charge in [-0.1, -0.05) is 0 Å². The standard InChI is InChI=1S/C5H5O5P/c1-3-4(2-8-11-7)10-5(6)9-3/h2H2,1H3. The third-order valence-electron chi connectivity index (χ3n) is 1.08. The Bertz CT molecular complexity index is 298. The Kier molecular flexibility index (Phi) is 2.57. The fourth-order valence-electron chi connectivity index (χ4n) is 0.591. The maximum atomic E-state index is 10.4. The van der Waals surface area contributed by atoms with E-state index in [1.807, 2.05) is 0 Å². The molecule has 0 aromatic carbocycles. The van der Waals surface area contributed by atoms with Crippen LogP contribution in [0.1, 0.15) is 11.5 Å². The van der Waals surface area contributed by atoms with Gasteiger partial charge >= 0.3 is 14.5 Å². The summed E-state index contributed by atoms with van der Waals surface area (Å²) in [6.07, 6.45) is 0. The summed E-state index contributed by atoms with van der Waals surface area (Å²) < 4.78 is 23.3. The Balaban J connectivity index is 2.77. The molecule has 0 aliphatic heterocycles. The number of hydrogen-bond donors (Lipinski definition) is 0. The maximum absolute atomic E-state index is 10.4. The summed E-state index contributed by atoms with van der Waals surface area (Å²) in [5.74, 6) is -0.166. The quantitative estimate of drug-likeness (QED) is 0.648. The summed E-state index contributed by atoms with van der Waals surface area (Å²) in [4.78, 5) is 10.4. The molecule has 0 atom stereocenters. The smallest absolute Gasteiger partial charge is 0.396 e. The van der Waals surface area contributed by atoms with Gasteiger partial charge in [-0.3, -0.25) is 4.52 Å². The lowest BCUT2D eigenvalue weighted by Crippen LogP contribution is -1.87. The first kappa shape index (κ1) is 8.17. The van der Waals surface area contributed by atoms with Crippen molar-refractivity contribution in [3.05, 3.63) is 22.1 Å². The van der Waals surface area contributed by atoms with Crippen molar-refractivity contribution in [2.24, 2.45) is 0 Å². The Morgan fingerprint density at radius 3 is 2.73 bits per heavy atom. The monoisotopic (exact) mass is 176 g/mol. The van der Waals surface area contributed by atoms with Crippen molar-refractivity contribution >= 4 is 8.69 Å². The summed E-state index contributed by atoms with van der Waals surface area (Å²) in [7, 11) is -0.452. The van der Waals surface area contributed by atoms with Crippen LogP contribution in [-0.2, 0) is 15.7 Å². The van der Waals surface area contributed by atoms with E-state index in [4.69, 9.17) is 0 Å². The highest BCUT2D eigenvalue weighted by molar-refractivity contribution is 7.17. The predicted octanol–water partition coefficient (Wildman–Crippen LogP) is 1.26. The van der Waals surface area contributed by atoms with E-state index in [2.05, 4.69) is 13.4 Å². The molecule has 0 aliphatic rings. The maximum Gasteiger partial charge on any atom is 0.519 e.